The minimum Gasteiger partial charge on any atom is -0.399 e. The average Bonchev–Trinajstić information content (AvgIpc) is 3.15. The Morgan fingerprint density at radius 3 is 2.45 bits per heavy atom. The number of ketones is 1. The van der Waals surface area contributed by atoms with Crippen LogP contribution in [0.5, 0.6) is 0 Å². The lowest BCUT2D eigenvalue weighted by atomic mass is 9.90. The molecule has 2 unspecified atom stereocenters. The van der Waals surface area contributed by atoms with E-state index in [1.165, 1.54) is 0 Å². The van der Waals surface area contributed by atoms with Crippen LogP contribution < -0.4 is 5.73 Å². The standard InChI is InChI=1S/C16H23N3O/c1-18-8-10-19(11-9-18)12-15(20)16(6-7-16)13-2-4-14(17)5-3-13/h2-5H,6-12,17H2,1H3/i6D. The van der Waals surface area contributed by atoms with Gasteiger partial charge in [0, 0.05) is 33.2 Å². The van der Waals surface area contributed by atoms with Crippen molar-refractivity contribution in [3.63, 3.8) is 0 Å². The monoisotopic (exact) mass is 274 g/mol. The normalized spacial score (nSPS) is 31.9. The average molecular weight is 274 g/mol. The van der Waals surface area contributed by atoms with E-state index in [4.69, 9.17) is 7.10 Å². The van der Waals surface area contributed by atoms with Crippen molar-refractivity contribution in [2.24, 2.45) is 0 Å². The number of piperazine rings is 1. The van der Waals surface area contributed by atoms with Gasteiger partial charge in [-0.05, 0) is 37.6 Å². The molecule has 0 spiro atoms. The van der Waals surface area contributed by atoms with Gasteiger partial charge in [-0.2, -0.15) is 0 Å². The number of likely N-dealkylation sites (N-methyl/N-ethyl adjacent to an activating group) is 1. The molecule has 1 aliphatic carbocycles. The van der Waals surface area contributed by atoms with Gasteiger partial charge in [0.1, 0.15) is 0 Å². The molecule has 0 amide bonds. The lowest BCUT2D eigenvalue weighted by Crippen LogP contribution is -2.47. The van der Waals surface area contributed by atoms with Crippen molar-refractivity contribution in [1.29, 1.82) is 0 Å². The lowest BCUT2D eigenvalue weighted by molar-refractivity contribution is -0.123. The van der Waals surface area contributed by atoms with Gasteiger partial charge in [0.05, 0.1) is 12.0 Å². The summed E-state index contributed by atoms with van der Waals surface area (Å²) in [5.41, 5.74) is 6.78. The topological polar surface area (TPSA) is 49.6 Å². The highest BCUT2D eigenvalue weighted by atomic mass is 16.1. The van der Waals surface area contributed by atoms with Crippen molar-refractivity contribution in [2.75, 3.05) is 45.5 Å². The first-order valence-electron chi connectivity index (χ1n) is 7.82. The van der Waals surface area contributed by atoms with Gasteiger partial charge in [0.15, 0.2) is 5.78 Å². The molecule has 20 heavy (non-hydrogen) atoms. The van der Waals surface area contributed by atoms with Crippen LogP contribution in [0, 0.1) is 0 Å². The summed E-state index contributed by atoms with van der Waals surface area (Å²) in [5, 5.41) is 0. The molecule has 4 nitrogen and oxygen atoms in total. The first kappa shape index (κ1) is 12.4. The summed E-state index contributed by atoms with van der Waals surface area (Å²) >= 11 is 0. The zero-order valence-corrected chi connectivity index (χ0v) is 12.0. The van der Waals surface area contributed by atoms with E-state index in [9.17, 15) is 4.79 Å². The van der Waals surface area contributed by atoms with Crippen molar-refractivity contribution in [3.05, 3.63) is 29.8 Å². The van der Waals surface area contributed by atoms with Crippen LogP contribution in [0.15, 0.2) is 24.3 Å². The van der Waals surface area contributed by atoms with E-state index in [1.807, 2.05) is 24.3 Å². The largest absolute Gasteiger partial charge is 0.399 e. The van der Waals surface area contributed by atoms with Crippen LogP contribution in [0.1, 0.15) is 19.8 Å². The summed E-state index contributed by atoms with van der Waals surface area (Å²) < 4.78 is 8.09. The van der Waals surface area contributed by atoms with E-state index in [1.54, 1.807) is 0 Å². The number of anilines is 1. The molecule has 1 aliphatic heterocycles. The van der Waals surface area contributed by atoms with Crippen LogP contribution in [0.4, 0.5) is 5.69 Å². The first-order valence-corrected chi connectivity index (χ1v) is 7.25. The summed E-state index contributed by atoms with van der Waals surface area (Å²) in [7, 11) is 2.11. The maximum absolute atomic E-state index is 12.8. The molecule has 3 rings (SSSR count). The molecule has 108 valence electrons. The molecule has 1 heterocycles. The van der Waals surface area contributed by atoms with Crippen molar-refractivity contribution in [2.45, 2.75) is 18.2 Å². The number of carbonyl (C=O) groups excluding carboxylic acids is 1. The number of hydrogen-bond donors (Lipinski definition) is 1. The maximum atomic E-state index is 12.8. The third-order valence-electron chi connectivity index (χ3n) is 4.50. The Bertz CT molecular complexity index is 525. The van der Waals surface area contributed by atoms with Crippen LogP contribution in [0.25, 0.3) is 0 Å². The third-order valence-corrected chi connectivity index (χ3v) is 4.50. The molecule has 2 aliphatic rings. The number of nitrogen functional groups attached to an aromatic ring is 1. The Labute approximate surface area is 121 Å². The highest BCUT2D eigenvalue weighted by Crippen LogP contribution is 2.49. The Morgan fingerprint density at radius 2 is 1.90 bits per heavy atom. The van der Waals surface area contributed by atoms with E-state index in [2.05, 4.69) is 16.8 Å². The fourth-order valence-corrected chi connectivity index (χ4v) is 2.86. The predicted octanol–water partition coefficient (Wildman–Crippen LogP) is 1.12. The van der Waals surface area contributed by atoms with Crippen molar-refractivity contribution in [1.82, 2.24) is 9.80 Å². The van der Waals surface area contributed by atoms with Crippen LogP contribution in [-0.2, 0) is 10.2 Å². The number of nitrogens with zero attached hydrogens (tertiary/aromatic N) is 2. The van der Waals surface area contributed by atoms with Gasteiger partial charge in [-0.25, -0.2) is 0 Å². The molecule has 1 aromatic carbocycles. The summed E-state index contributed by atoms with van der Waals surface area (Å²) in [4.78, 5) is 17.3. The molecule has 2 N–H and O–H groups in total. The van der Waals surface area contributed by atoms with Crippen LogP contribution in [0.2, 0.25) is 0 Å². The quantitative estimate of drug-likeness (QED) is 0.836. The smallest absolute Gasteiger partial charge is 0.157 e. The zero-order chi connectivity index (χ0) is 15.0. The summed E-state index contributed by atoms with van der Waals surface area (Å²) in [6.07, 6.45) is 0.338. The summed E-state index contributed by atoms with van der Waals surface area (Å²) in [5.74, 6) is 0.192. The minimum atomic E-state index is -0.586. The number of nitrogens with two attached hydrogens (primary N) is 1. The van der Waals surface area contributed by atoms with Gasteiger partial charge in [-0.15, -0.1) is 0 Å². The molecule has 2 atom stereocenters. The Kier molecular flexibility index (Phi) is 3.20. The molecule has 0 radical (unpaired) electrons. The number of hydrogen-bond acceptors (Lipinski definition) is 4. The SMILES string of the molecule is [2H]C1CC1(C(=O)CN1CCN(C)CC1)c1ccc(N)cc1. The lowest BCUT2D eigenvalue weighted by Gasteiger charge is -2.32. The second kappa shape index (κ2) is 5.19. The molecule has 0 aromatic heterocycles. The Morgan fingerprint density at radius 1 is 1.30 bits per heavy atom. The van der Waals surface area contributed by atoms with Crippen LogP contribution in [-0.4, -0.2) is 55.4 Å². The molecule has 2 fully saturated rings. The number of rotatable bonds is 4. The minimum absolute atomic E-state index is 0.192. The third kappa shape index (κ3) is 2.58. The summed E-state index contributed by atoms with van der Waals surface area (Å²) in [6.45, 7) is 4.35. The second-order valence-electron chi connectivity index (χ2n) is 6.00. The van der Waals surface area contributed by atoms with Crippen molar-refractivity contribution in [3.8, 4) is 0 Å². The van der Waals surface area contributed by atoms with Crippen LogP contribution in [0.3, 0.4) is 0 Å². The van der Waals surface area contributed by atoms with Crippen molar-refractivity contribution < 1.29 is 6.17 Å². The Balaban J connectivity index is 1.71. The molecular weight excluding hydrogens is 250 g/mol. The highest BCUT2D eigenvalue weighted by molar-refractivity contribution is 5.94. The molecule has 0 bridgehead atoms. The van der Waals surface area contributed by atoms with E-state index in [-0.39, 0.29) is 12.2 Å². The predicted molar refractivity (Wildman–Crippen MR) is 80.7 cm³/mol. The fourth-order valence-electron chi connectivity index (χ4n) is 2.86. The van der Waals surface area contributed by atoms with Gasteiger partial charge < -0.3 is 10.6 Å². The molecule has 1 saturated carbocycles. The van der Waals surface area contributed by atoms with Gasteiger partial charge >= 0.3 is 0 Å². The number of benzene rings is 1. The fraction of sp³-hybridized carbons (Fsp3) is 0.562. The Hall–Kier alpha value is -1.39. The van der Waals surface area contributed by atoms with E-state index >= 15 is 0 Å². The van der Waals surface area contributed by atoms with Gasteiger partial charge in [-0.1, -0.05) is 12.1 Å². The molecular formula is C16H23N3O. The van der Waals surface area contributed by atoms with E-state index in [0.29, 0.717) is 18.7 Å². The van der Waals surface area contributed by atoms with Gasteiger partial charge in [-0.3, -0.25) is 9.69 Å². The maximum Gasteiger partial charge on any atom is 0.157 e. The highest BCUT2D eigenvalue weighted by Gasteiger charge is 2.50. The zero-order valence-electron chi connectivity index (χ0n) is 13.0. The molecule has 1 aromatic rings. The van der Waals surface area contributed by atoms with E-state index in [0.717, 1.165) is 31.7 Å². The van der Waals surface area contributed by atoms with Gasteiger partial charge in [0.2, 0.25) is 0 Å². The number of Topliss-reactive ketones (excluding diaryl/α,β-unsaturated/α-hetero) is 1. The van der Waals surface area contributed by atoms with Gasteiger partial charge in [0.25, 0.3) is 0 Å². The second-order valence-corrected chi connectivity index (χ2v) is 6.00. The molecule has 4 heteroatoms. The number of carbonyl (C=O) groups is 1. The first-order chi connectivity index (χ1) is 10.0. The van der Waals surface area contributed by atoms with Crippen LogP contribution >= 0.6 is 0 Å². The van der Waals surface area contributed by atoms with Crippen molar-refractivity contribution >= 4 is 11.5 Å². The van der Waals surface area contributed by atoms with E-state index < -0.39 is 5.41 Å². The molecule has 1 saturated heterocycles. The summed E-state index contributed by atoms with van der Waals surface area (Å²) in [6, 6.07) is 7.47.